The molecule has 0 aliphatic rings. The van der Waals surface area contributed by atoms with E-state index in [1.807, 2.05) is 0 Å². The van der Waals surface area contributed by atoms with E-state index in [1.165, 1.54) is 55.4 Å². The molecule has 0 atom stereocenters. The van der Waals surface area contributed by atoms with Crippen LogP contribution in [0.1, 0.15) is 69.2 Å². The number of ether oxygens (including phenoxy) is 1. The van der Waals surface area contributed by atoms with Crippen LogP contribution in [0.4, 0.5) is 26.3 Å². The van der Waals surface area contributed by atoms with Crippen molar-refractivity contribution in [3.05, 3.63) is 0 Å². The summed E-state index contributed by atoms with van der Waals surface area (Å²) in [6.45, 7) is 12.4. The molecule has 0 aromatic rings. The molecule has 0 radical (unpaired) electrons. The average Bonchev–Trinajstić information content (AvgIpc) is 2.23. The van der Waals surface area contributed by atoms with Crippen LogP contribution in [-0.4, -0.2) is 23.6 Å². The van der Waals surface area contributed by atoms with Gasteiger partial charge in [-0.2, -0.15) is 26.3 Å². The van der Waals surface area contributed by atoms with Gasteiger partial charge in [0.2, 0.25) is 0 Å². The Morgan fingerprint density at radius 3 is 1.08 bits per heavy atom. The first-order valence-corrected chi connectivity index (χ1v) is 7.79. The van der Waals surface area contributed by atoms with Crippen LogP contribution in [0.3, 0.4) is 0 Å². The van der Waals surface area contributed by atoms with Crippen LogP contribution < -0.4 is 0 Å². The lowest BCUT2D eigenvalue weighted by Gasteiger charge is -2.49. The molecule has 0 spiro atoms. The molecule has 0 amide bonds. The molecule has 7 heteroatoms. The first-order valence-electron chi connectivity index (χ1n) is 7.79. The van der Waals surface area contributed by atoms with Crippen molar-refractivity contribution >= 4 is 0 Å². The molecule has 24 heavy (non-hydrogen) atoms. The Morgan fingerprint density at radius 1 is 0.500 bits per heavy atom. The monoisotopic (exact) mass is 364 g/mol. The Kier molecular flexibility index (Phi) is 5.67. The van der Waals surface area contributed by atoms with Crippen LogP contribution >= 0.6 is 0 Å². The fraction of sp³-hybridized carbons (Fsp3) is 1.00. The summed E-state index contributed by atoms with van der Waals surface area (Å²) in [7, 11) is 0. The van der Waals surface area contributed by atoms with Gasteiger partial charge < -0.3 is 4.74 Å². The first-order chi connectivity index (χ1) is 9.96. The van der Waals surface area contributed by atoms with Gasteiger partial charge in [-0.05, 0) is 24.7 Å². The minimum atomic E-state index is -5.68. The van der Waals surface area contributed by atoms with Crippen molar-refractivity contribution in [2.45, 2.75) is 92.8 Å². The lowest BCUT2D eigenvalue weighted by molar-refractivity contribution is -0.442. The molecule has 0 N–H and O–H groups in total. The van der Waals surface area contributed by atoms with E-state index >= 15 is 0 Å². The van der Waals surface area contributed by atoms with Crippen LogP contribution in [0.2, 0.25) is 0 Å². The fourth-order valence-corrected chi connectivity index (χ4v) is 1.58. The summed E-state index contributed by atoms with van der Waals surface area (Å²) >= 11 is 0. The van der Waals surface area contributed by atoms with Crippen LogP contribution in [0.25, 0.3) is 0 Å². The number of hydrogen-bond acceptors (Lipinski definition) is 1. The normalized spacial score (nSPS) is 16.5. The Bertz CT molecular complexity index is 453. The molecule has 0 saturated heterocycles. The highest BCUT2D eigenvalue weighted by Gasteiger charge is 2.79. The molecule has 0 saturated carbocycles. The molecule has 0 fully saturated rings. The van der Waals surface area contributed by atoms with Crippen molar-refractivity contribution in [1.82, 2.24) is 0 Å². The van der Waals surface area contributed by atoms with Gasteiger partial charge >= 0.3 is 18.0 Å². The molecule has 1 nitrogen and oxygen atoms in total. The van der Waals surface area contributed by atoms with Crippen molar-refractivity contribution in [1.29, 1.82) is 0 Å². The largest absolute Gasteiger partial charge is 0.426 e. The maximum absolute atomic E-state index is 14.5. The van der Waals surface area contributed by atoms with Gasteiger partial charge in [0.15, 0.2) is 0 Å². The average molecular weight is 364 g/mol. The third-order valence-corrected chi connectivity index (χ3v) is 5.61. The molecule has 0 heterocycles. The Labute approximate surface area is 141 Å². The molecule has 0 aliphatic heterocycles. The third-order valence-electron chi connectivity index (χ3n) is 5.61. The van der Waals surface area contributed by atoms with Crippen LogP contribution in [0, 0.1) is 16.2 Å². The van der Waals surface area contributed by atoms with Gasteiger partial charge in [0, 0.05) is 5.41 Å². The highest BCUT2D eigenvalue weighted by atomic mass is 19.3. The Hall–Kier alpha value is -0.460. The van der Waals surface area contributed by atoms with E-state index in [2.05, 4.69) is 4.74 Å². The molecule has 0 unspecified atom stereocenters. The molecular weight excluding hydrogens is 334 g/mol. The zero-order chi connectivity index (χ0) is 20.2. The maximum Gasteiger partial charge on any atom is 0.426 e. The van der Waals surface area contributed by atoms with Gasteiger partial charge in [-0.25, -0.2) is 0 Å². The second-order valence-corrected chi connectivity index (χ2v) is 9.40. The van der Waals surface area contributed by atoms with Gasteiger partial charge in [-0.3, -0.25) is 0 Å². The SMILES string of the molecule is CC(C)(C)C(C)(C)OC(F)(F)C(F)(F)C(F)(F)C(C)(C)C(C)(C)C. The number of halogens is 6. The van der Waals surface area contributed by atoms with Gasteiger partial charge in [-0.1, -0.05) is 55.4 Å². The van der Waals surface area contributed by atoms with Crippen molar-refractivity contribution in [3.63, 3.8) is 0 Å². The summed E-state index contributed by atoms with van der Waals surface area (Å²) in [5.74, 6) is -10.7. The topological polar surface area (TPSA) is 9.23 Å². The molecular formula is C17H30F6O. The van der Waals surface area contributed by atoms with Gasteiger partial charge in [0.1, 0.15) is 0 Å². The van der Waals surface area contributed by atoms with Crippen LogP contribution in [0.15, 0.2) is 0 Å². The fourth-order valence-electron chi connectivity index (χ4n) is 1.58. The van der Waals surface area contributed by atoms with E-state index in [9.17, 15) is 26.3 Å². The number of hydrogen-bond donors (Lipinski definition) is 0. The second-order valence-electron chi connectivity index (χ2n) is 9.40. The van der Waals surface area contributed by atoms with Crippen molar-refractivity contribution in [2.24, 2.45) is 16.2 Å². The minimum Gasteiger partial charge on any atom is -0.309 e. The van der Waals surface area contributed by atoms with E-state index in [1.54, 1.807) is 0 Å². The van der Waals surface area contributed by atoms with Crippen molar-refractivity contribution in [2.75, 3.05) is 0 Å². The maximum atomic E-state index is 14.5. The summed E-state index contributed by atoms with van der Waals surface area (Å²) in [4.78, 5) is 0. The summed E-state index contributed by atoms with van der Waals surface area (Å²) in [6.07, 6.45) is -5.34. The summed E-state index contributed by atoms with van der Waals surface area (Å²) in [6, 6.07) is 0. The molecule has 0 aliphatic carbocycles. The van der Waals surface area contributed by atoms with Gasteiger partial charge in [0.05, 0.1) is 5.60 Å². The summed E-state index contributed by atoms with van der Waals surface area (Å²) in [5.41, 5.74) is -6.50. The zero-order valence-electron chi connectivity index (χ0n) is 16.2. The molecule has 0 aromatic heterocycles. The molecule has 0 aromatic carbocycles. The van der Waals surface area contributed by atoms with E-state index in [0.29, 0.717) is 0 Å². The lowest BCUT2D eigenvalue weighted by atomic mass is 9.63. The minimum absolute atomic E-state index is 0.853. The van der Waals surface area contributed by atoms with E-state index in [4.69, 9.17) is 0 Å². The Balaban J connectivity index is 6.04. The zero-order valence-corrected chi connectivity index (χ0v) is 16.2. The summed E-state index contributed by atoms with van der Waals surface area (Å²) in [5, 5.41) is 0. The predicted molar refractivity (Wildman–Crippen MR) is 82.7 cm³/mol. The number of rotatable bonds is 5. The highest BCUT2D eigenvalue weighted by molar-refractivity contribution is 5.05. The lowest BCUT2D eigenvalue weighted by Crippen LogP contribution is -2.65. The predicted octanol–water partition coefficient (Wildman–Crippen LogP) is 6.76. The van der Waals surface area contributed by atoms with Crippen LogP contribution in [0.5, 0.6) is 0 Å². The molecule has 146 valence electrons. The first kappa shape index (κ1) is 23.5. The second kappa shape index (κ2) is 5.78. The molecule has 0 rings (SSSR count). The standard InChI is InChI=1S/C17H30F6O/c1-11(2,3)13(7,8)15(18,19)16(20,21)17(22,23)24-14(9,10)12(4,5)6/h1-10H3. The van der Waals surface area contributed by atoms with Crippen molar-refractivity contribution < 1.29 is 31.1 Å². The van der Waals surface area contributed by atoms with Gasteiger partial charge in [-0.15, -0.1) is 0 Å². The van der Waals surface area contributed by atoms with Crippen LogP contribution in [-0.2, 0) is 4.74 Å². The van der Waals surface area contributed by atoms with E-state index < -0.39 is 39.8 Å². The van der Waals surface area contributed by atoms with E-state index in [-0.39, 0.29) is 0 Å². The quantitative estimate of drug-likeness (QED) is 0.490. The smallest absolute Gasteiger partial charge is 0.309 e. The van der Waals surface area contributed by atoms with Crippen molar-refractivity contribution in [3.8, 4) is 0 Å². The van der Waals surface area contributed by atoms with Gasteiger partial charge in [0.25, 0.3) is 0 Å². The molecule has 0 bridgehead atoms. The summed E-state index contributed by atoms with van der Waals surface area (Å²) < 4.78 is 90.3. The highest BCUT2D eigenvalue weighted by Crippen LogP contribution is 2.60. The van der Waals surface area contributed by atoms with E-state index in [0.717, 1.165) is 13.8 Å². The number of alkyl halides is 6. The Morgan fingerprint density at radius 2 is 0.833 bits per heavy atom. The third kappa shape index (κ3) is 3.56.